The van der Waals surface area contributed by atoms with E-state index in [0.29, 0.717) is 60.5 Å². The van der Waals surface area contributed by atoms with Gasteiger partial charge in [-0.05, 0) is 143 Å². The van der Waals surface area contributed by atoms with Gasteiger partial charge in [0.15, 0.2) is 11.6 Å². The average Bonchev–Trinajstić information content (AvgIpc) is 1.59. The molecule has 3 aliphatic heterocycles. The Labute approximate surface area is 666 Å². The number of nitrogens with two attached hydrogens (primary N) is 1. The van der Waals surface area contributed by atoms with Gasteiger partial charge in [0, 0.05) is 122 Å². The number of methoxy groups -OCH3 is 3. The van der Waals surface area contributed by atoms with Crippen molar-refractivity contribution >= 4 is 47.6 Å². The molecule has 3 fully saturated rings. The number of carbonyl (C=O) groups is 3. The molecule has 9 aromatic rings. The van der Waals surface area contributed by atoms with Crippen LogP contribution < -0.4 is 19.9 Å². The van der Waals surface area contributed by atoms with Crippen molar-refractivity contribution in [3.05, 3.63) is 216 Å². The van der Waals surface area contributed by atoms with E-state index in [9.17, 15) is 111 Å². The van der Waals surface area contributed by atoms with Crippen LogP contribution in [0.3, 0.4) is 0 Å². The first-order chi connectivity index (χ1) is 55.1. The minimum absolute atomic E-state index is 0.0425. The van der Waals surface area contributed by atoms with Crippen molar-refractivity contribution in [1.29, 1.82) is 0 Å². The summed E-state index contributed by atoms with van der Waals surface area (Å²) in [6.45, 7) is 2.54. The smallest absolute Gasteiger partial charge is 0.433 e. The van der Waals surface area contributed by atoms with Crippen molar-refractivity contribution in [2.75, 3.05) is 41.0 Å². The molecule has 12 rings (SSSR count). The van der Waals surface area contributed by atoms with Gasteiger partial charge in [-0.2, -0.15) is 52.4 Å². The Balaban J connectivity index is 0.000000188. The molecule has 3 aromatic carbocycles. The zero-order valence-electron chi connectivity index (χ0n) is 62.9. The molecule has 9 heterocycles. The normalized spacial score (nSPS) is 20.0. The number of alkyl halides is 12. The second-order valence-electron chi connectivity index (χ2n) is 27.5. The molecular weight excluding hydrogens is 1650 g/mol. The molecule has 0 radical (unpaired) electrons. The standard InChI is InChI=1S/2C26H24F5N3O4S.C13H12F3N3O.C12H13F2NO4S/c2*1-25(12-18(28)15-34(25)39(36,37)20-7-4-17(27)5-8-20)24(35)10-6-19-11-21(22(38-2)14-32-19)16-3-9-23(33-13-16)26(29,30)31;1-20-11-7-18-9(5-17)4-10(11)8-2-3-12(19-6-8)13(14,15)16;1-12(11(16)17)6-9(14)7-15(12)20(18,19)10-4-2-8(13)3-5-10/h2*3-5,7-9,11,13-14,18H,6,10,12,15H2,1-2H3;2-4,6-7H,5,17H2,1H3;2-5,9H,6-7H2,1H3,(H,16,17)/t18-,25+;18-,25-;;9-,12?/m11.1/s1. The maximum absolute atomic E-state index is 14.5. The lowest BCUT2D eigenvalue weighted by molar-refractivity contribution is -0.146. The second-order valence-corrected chi connectivity index (χ2v) is 33.1. The van der Waals surface area contributed by atoms with Crippen LogP contribution in [0.1, 0.15) is 87.0 Å². The Kier molecular flexibility index (Phi) is 28.1. The predicted octanol–water partition coefficient (Wildman–Crippen LogP) is 14.0. The van der Waals surface area contributed by atoms with Gasteiger partial charge < -0.3 is 25.1 Å². The van der Waals surface area contributed by atoms with Crippen molar-refractivity contribution in [2.24, 2.45) is 5.73 Å². The molecule has 0 spiro atoms. The molecule has 0 saturated carbocycles. The Morgan fingerprint density at radius 3 is 0.932 bits per heavy atom. The molecule has 6 aromatic heterocycles. The number of nitrogens with zero attached hydrogens (tertiary/aromatic N) is 9. The number of carboxylic acids is 1. The zero-order chi connectivity index (χ0) is 87.1. The van der Waals surface area contributed by atoms with E-state index in [1.165, 1.54) is 72.0 Å². The SMILES string of the molecule is CC1(C(=O)O)C[C@@H](F)CN1S(=O)(=O)c1ccc(F)cc1.COc1cnc(CCC(=O)[C@@]2(C)C[C@@H](F)CN2S(=O)(=O)c2ccc(F)cc2)cc1-c1ccc(C(F)(F)F)nc1.COc1cnc(CCC(=O)[C@]2(C)C[C@@H](F)CN2S(=O)(=O)c2ccc(F)cc2)cc1-c1ccc(C(F)(F)F)nc1.COc1cnc(CN)cc1-c1ccc(C(F)(F)F)nc1. The number of carbonyl (C=O) groups excluding carboxylic acids is 2. The van der Waals surface area contributed by atoms with Crippen molar-refractivity contribution in [3.63, 3.8) is 0 Å². The maximum atomic E-state index is 14.5. The topological polar surface area (TPSA) is 315 Å². The largest absolute Gasteiger partial charge is 0.494 e. The minimum Gasteiger partial charge on any atom is -0.494 e. The lowest BCUT2D eigenvalue weighted by Gasteiger charge is -2.32. The number of rotatable bonds is 22. The van der Waals surface area contributed by atoms with Gasteiger partial charge in [0.1, 0.15) is 75.8 Å². The molecule has 3 aliphatic rings. The Morgan fingerprint density at radius 1 is 0.424 bits per heavy atom. The molecule has 1 unspecified atom stereocenters. The Morgan fingerprint density at radius 2 is 0.686 bits per heavy atom. The van der Waals surface area contributed by atoms with E-state index in [2.05, 4.69) is 29.9 Å². The lowest BCUT2D eigenvalue weighted by atomic mass is 9.90. The van der Waals surface area contributed by atoms with Gasteiger partial charge in [-0.25, -0.2) is 51.6 Å². The highest BCUT2D eigenvalue weighted by Gasteiger charge is 2.56. The number of halogens is 15. The summed E-state index contributed by atoms with van der Waals surface area (Å²) in [6, 6.07) is 23.2. The maximum Gasteiger partial charge on any atom is 0.433 e. The predicted molar refractivity (Wildman–Crippen MR) is 394 cm³/mol. The summed E-state index contributed by atoms with van der Waals surface area (Å²) >= 11 is 0. The van der Waals surface area contributed by atoms with Crippen LogP contribution in [-0.2, 0) is 82.4 Å². The Bertz CT molecular complexity index is 5220. The molecule has 3 N–H and O–H groups in total. The van der Waals surface area contributed by atoms with Crippen LogP contribution in [0.25, 0.3) is 33.4 Å². The number of sulfonamides is 3. The number of hydrogen-bond donors (Lipinski definition) is 2. The summed E-state index contributed by atoms with van der Waals surface area (Å²) in [7, 11) is -8.61. The number of Topliss-reactive ketones (excluding diaryl/α,β-unsaturated/α-hetero) is 2. The molecule has 0 bridgehead atoms. The van der Waals surface area contributed by atoms with Crippen LogP contribution in [-0.4, -0.2) is 167 Å². The number of ketones is 2. The van der Waals surface area contributed by atoms with Gasteiger partial charge in [-0.1, -0.05) is 18.2 Å². The number of aromatic nitrogens is 6. The highest BCUT2D eigenvalue weighted by molar-refractivity contribution is 7.89. The average molecular weight is 1730 g/mol. The number of carboxylic acid groups (broad SMARTS) is 1. The summed E-state index contributed by atoms with van der Waals surface area (Å²) in [5.41, 5.74) is 1.18. The van der Waals surface area contributed by atoms with Crippen LogP contribution in [0.5, 0.6) is 17.2 Å². The van der Waals surface area contributed by atoms with Gasteiger partial charge >= 0.3 is 24.5 Å². The fraction of sp³-hybridized carbons (Fsp3) is 0.338. The number of hydrogen-bond acceptors (Lipinski definition) is 19. The summed E-state index contributed by atoms with van der Waals surface area (Å²) < 4.78 is 292. The fourth-order valence-corrected chi connectivity index (χ4v) is 18.5. The van der Waals surface area contributed by atoms with Crippen LogP contribution in [0.15, 0.2) is 179 Å². The van der Waals surface area contributed by atoms with Crippen molar-refractivity contribution in [2.45, 2.75) is 141 Å². The van der Waals surface area contributed by atoms with E-state index < -0.39 is 162 Å². The van der Waals surface area contributed by atoms with E-state index in [1.54, 1.807) is 18.2 Å². The van der Waals surface area contributed by atoms with E-state index in [-0.39, 0.29) is 71.3 Å². The van der Waals surface area contributed by atoms with Gasteiger partial charge in [0.05, 0.1) is 71.4 Å². The third kappa shape index (κ3) is 20.7. The number of benzene rings is 3. The first-order valence-electron chi connectivity index (χ1n) is 35.1. The molecule has 632 valence electrons. The summed E-state index contributed by atoms with van der Waals surface area (Å²) in [5.74, 6) is -3.40. The molecular formula is C77H73F15N10O13S3. The third-order valence-electron chi connectivity index (χ3n) is 19.4. The molecule has 3 saturated heterocycles. The number of pyridine rings is 6. The van der Waals surface area contributed by atoms with Crippen LogP contribution in [0.4, 0.5) is 65.9 Å². The van der Waals surface area contributed by atoms with E-state index in [0.717, 1.165) is 125 Å². The number of aryl methyl sites for hydroxylation is 2. The van der Waals surface area contributed by atoms with E-state index in [1.807, 2.05) is 0 Å². The van der Waals surface area contributed by atoms with Gasteiger partial charge in [0.2, 0.25) is 30.1 Å². The van der Waals surface area contributed by atoms with Crippen molar-refractivity contribution in [1.82, 2.24) is 42.8 Å². The molecule has 6 atom stereocenters. The number of aliphatic carboxylic acids is 1. The fourth-order valence-electron chi connectivity index (χ4n) is 13.1. The van der Waals surface area contributed by atoms with E-state index >= 15 is 0 Å². The number of ether oxygens (including phenoxy) is 3. The Hall–Kier alpha value is -10.6. The summed E-state index contributed by atoms with van der Waals surface area (Å²) in [5, 5.41) is 9.18. The molecule has 23 nitrogen and oxygen atoms in total. The van der Waals surface area contributed by atoms with Gasteiger partial charge in [-0.3, -0.25) is 44.3 Å². The summed E-state index contributed by atoms with van der Waals surface area (Å²) in [6.07, 6.45) is -12.3. The molecule has 118 heavy (non-hydrogen) atoms. The van der Waals surface area contributed by atoms with Crippen LogP contribution >= 0.6 is 0 Å². The third-order valence-corrected chi connectivity index (χ3v) is 25.4. The second kappa shape index (κ2) is 36.3. The lowest BCUT2D eigenvalue weighted by Crippen LogP contribution is -2.50. The minimum atomic E-state index is -4.60. The van der Waals surface area contributed by atoms with Gasteiger partial charge in [0.25, 0.3) is 0 Å². The van der Waals surface area contributed by atoms with Crippen LogP contribution in [0.2, 0.25) is 0 Å². The van der Waals surface area contributed by atoms with E-state index in [4.69, 9.17) is 19.9 Å². The molecule has 41 heteroatoms. The highest BCUT2D eigenvalue weighted by atomic mass is 32.2. The summed E-state index contributed by atoms with van der Waals surface area (Å²) in [4.78, 5) is 60.0. The first-order valence-corrected chi connectivity index (χ1v) is 39.4. The molecule has 0 amide bonds. The highest BCUT2D eigenvalue weighted by Crippen LogP contribution is 2.43. The monoisotopic (exact) mass is 1730 g/mol. The zero-order valence-corrected chi connectivity index (χ0v) is 65.4. The molecule has 0 aliphatic carbocycles. The van der Waals surface area contributed by atoms with Crippen molar-refractivity contribution in [3.8, 4) is 50.6 Å². The van der Waals surface area contributed by atoms with Gasteiger partial charge in [-0.15, -0.1) is 0 Å². The van der Waals surface area contributed by atoms with Crippen LogP contribution in [0, 0.1) is 17.5 Å². The first kappa shape index (κ1) is 91.3. The van der Waals surface area contributed by atoms with Crippen molar-refractivity contribution < 1.29 is 125 Å². The quantitative estimate of drug-likeness (QED) is 0.0595.